The second-order valence-corrected chi connectivity index (χ2v) is 30.8. The summed E-state index contributed by atoms with van der Waals surface area (Å²) < 4.78 is 0. The lowest BCUT2D eigenvalue weighted by atomic mass is 9.99. The van der Waals surface area contributed by atoms with E-state index in [1.165, 1.54) is 60.3 Å². The quantitative estimate of drug-likeness (QED) is 0.0167. The molecule has 0 saturated carbocycles. The van der Waals surface area contributed by atoms with Crippen LogP contribution in [0.4, 0.5) is 0 Å². The second-order valence-electron chi connectivity index (χ2n) is 28.8. The normalized spacial score (nSPS) is 14.2. The topological polar surface area (TPSA) is 714 Å². The van der Waals surface area contributed by atoms with Gasteiger partial charge < -0.3 is 124 Å². The molecule has 0 radical (unpaired) electrons. The van der Waals surface area contributed by atoms with Gasteiger partial charge in [0.25, 0.3) is 0 Å². The van der Waals surface area contributed by atoms with E-state index in [9.17, 15) is 92.0 Å². The van der Waals surface area contributed by atoms with E-state index in [1.54, 1.807) is 47.8 Å². The second kappa shape index (κ2) is 53.9. The Kier molecular flexibility index (Phi) is 47.0. The highest BCUT2D eigenvalue weighted by Crippen LogP contribution is 2.17. The van der Waals surface area contributed by atoms with Crippen molar-refractivity contribution in [2.24, 2.45) is 67.9 Å². The molecule has 0 aliphatic carbocycles. The SMILES string of the molecule is CSCC[C@H](NC(=O)[C@H](CCCN=C(N)N)NC(=O)[C@H](CCC(N)=O)NC(=O)CNC(=O)[C@@H](N)CCSC)C(=O)N[C@@H](Cc1cnc[nH]1)C(=O)N[C@@H](CC(C)C)C(=O)N[C@@H](CCCN=C(N)N)C(=O)N[C@@H](CCC(N)=O)C(=O)N[C@@H](Cc1ccc(O)cc1)C(=O)N[C@@H](CCC(=O)O)C(=O)N[C@@H](CC(C)C)C(=O)N[C@@H](CC(C)C)C(=O)O. The van der Waals surface area contributed by atoms with Gasteiger partial charge in [-0.3, -0.25) is 81.9 Å². The number of aromatic nitrogens is 2. The fraction of sp³-hybridized carbons (Fsp3) is 0.625. The number of nitrogens with two attached hydrogens (primary N) is 7. The highest BCUT2D eigenvalue weighted by molar-refractivity contribution is 7.98. The Morgan fingerprint density at radius 1 is 0.431 bits per heavy atom. The number of rotatable bonds is 58. The van der Waals surface area contributed by atoms with Crippen molar-refractivity contribution >= 4 is 130 Å². The molecule has 0 saturated heterocycles. The summed E-state index contributed by atoms with van der Waals surface area (Å²) in [4.78, 5) is 235. The van der Waals surface area contributed by atoms with Crippen molar-refractivity contribution in [1.29, 1.82) is 0 Å². The van der Waals surface area contributed by atoms with E-state index in [0.717, 1.165) is 0 Å². The number of carbonyl (C=O) groups excluding carboxylic acids is 14. The predicted molar refractivity (Wildman–Crippen MR) is 432 cm³/mol. The van der Waals surface area contributed by atoms with Gasteiger partial charge in [-0.15, -0.1) is 0 Å². The van der Waals surface area contributed by atoms with Gasteiger partial charge in [0.15, 0.2) is 11.9 Å². The summed E-state index contributed by atoms with van der Waals surface area (Å²) >= 11 is 2.74. The summed E-state index contributed by atoms with van der Waals surface area (Å²) in [6.07, 6.45) is 1.91. The Labute approximate surface area is 681 Å². The Bertz CT molecular complexity index is 3640. The van der Waals surface area contributed by atoms with Gasteiger partial charge in [-0.2, -0.15) is 23.5 Å². The van der Waals surface area contributed by atoms with E-state index in [0.29, 0.717) is 23.4 Å². The van der Waals surface area contributed by atoms with Gasteiger partial charge in [-0.1, -0.05) is 53.7 Å². The third-order valence-electron chi connectivity index (χ3n) is 17.3. The summed E-state index contributed by atoms with van der Waals surface area (Å²) in [6, 6.07) is -12.8. The number of hydrogen-bond acceptors (Lipinski definition) is 23. The van der Waals surface area contributed by atoms with Crippen LogP contribution >= 0.6 is 23.5 Å². The summed E-state index contributed by atoms with van der Waals surface area (Å²) in [5.41, 5.74) is 39.9. The number of primary amides is 2. The first-order chi connectivity index (χ1) is 54.6. The third-order valence-corrected chi connectivity index (χ3v) is 18.6. The Morgan fingerprint density at radius 2 is 0.776 bits per heavy atom. The third kappa shape index (κ3) is 41.8. The minimum atomic E-state index is -1.78. The molecule has 1 aromatic heterocycles. The largest absolute Gasteiger partial charge is 0.508 e. The summed E-state index contributed by atoms with van der Waals surface area (Å²) in [6.45, 7) is 9.54. The van der Waals surface area contributed by atoms with Crippen LogP contribution in [0.2, 0.25) is 0 Å². The number of carboxylic acid groups (broad SMARTS) is 2. The van der Waals surface area contributed by atoms with E-state index in [2.05, 4.69) is 83.8 Å². The molecule has 14 amide bonds. The highest BCUT2D eigenvalue weighted by Gasteiger charge is 2.38. The molecule has 2 rings (SSSR count). The van der Waals surface area contributed by atoms with E-state index in [4.69, 9.17) is 40.1 Å². The van der Waals surface area contributed by atoms with Crippen LogP contribution in [0.25, 0.3) is 0 Å². The average Bonchev–Trinajstić information content (AvgIpc) is 1.03. The first kappa shape index (κ1) is 101. The summed E-state index contributed by atoms with van der Waals surface area (Å²) in [5, 5.41) is 60.3. The number of benzene rings is 1. The number of guanidine groups is 2. The van der Waals surface area contributed by atoms with E-state index in [1.807, 2.05) is 6.26 Å². The lowest BCUT2D eigenvalue weighted by Gasteiger charge is -2.29. The molecular weight excluding hydrogens is 1560 g/mol. The Morgan fingerprint density at radius 3 is 1.16 bits per heavy atom. The maximum atomic E-state index is 14.9. The van der Waals surface area contributed by atoms with E-state index in [-0.39, 0.29) is 113 Å². The molecule has 116 heavy (non-hydrogen) atoms. The fourth-order valence-corrected chi connectivity index (χ4v) is 12.3. The molecule has 30 N–H and O–H groups in total. The van der Waals surface area contributed by atoms with Gasteiger partial charge in [0.05, 0.1) is 18.9 Å². The molecule has 0 fully saturated rings. The van der Waals surface area contributed by atoms with Crippen molar-refractivity contribution in [2.45, 2.75) is 223 Å². The van der Waals surface area contributed by atoms with Crippen molar-refractivity contribution in [1.82, 2.24) is 73.8 Å². The number of nitrogens with one attached hydrogen (secondary N) is 13. The number of aromatic hydroxyl groups is 1. The number of phenolic OH excluding ortho intramolecular Hbond substituents is 1. The number of carboxylic acids is 2. The molecule has 0 aliphatic heterocycles. The molecule has 1 heterocycles. The minimum absolute atomic E-state index is 0.0285. The first-order valence-electron chi connectivity index (χ1n) is 37.8. The highest BCUT2D eigenvalue weighted by atomic mass is 32.2. The van der Waals surface area contributed by atoms with E-state index < -0.39 is 218 Å². The lowest BCUT2D eigenvalue weighted by molar-refractivity contribution is -0.143. The number of aliphatic imine (C=N–C) groups is 2. The van der Waals surface area contributed by atoms with Crippen LogP contribution in [0, 0.1) is 17.8 Å². The monoisotopic (exact) mass is 1670 g/mol. The molecule has 0 aliphatic rings. The van der Waals surface area contributed by atoms with Crippen LogP contribution < -0.4 is 104 Å². The number of amides is 14. The Hall–Kier alpha value is -11.0. The standard InChI is InChI=1S/C72H119N23O19S2/c1-37(2)29-50(92-69(112)53(33-41-34-80-36-84-41)94-65(108)49(24-28-116-8)90-61(104)44(11-9-25-81-71(76)77)86-62(105)46(17-20-55(74)97)85-57(99)35-83-59(102)43(73)23-27-115-7)66(109)87-45(12-10-26-82-72(78)79)60(103)88-47(18-21-56(75)98)63(106)93-52(32-40-13-15-42(96)16-14-40)68(111)89-48(19-22-58(100)101)64(107)91-51(30-38(3)4)67(110)95-54(70(113)114)31-39(5)6/h13-16,34,36-39,43-54,96H,9-12,17-33,35,73H2,1-8H3,(H2,74,97)(H2,75,98)(H,80,84)(H,83,102)(H,85,99)(H,86,105)(H,87,109)(H,88,103)(H,89,111)(H,90,104)(H,91,107)(H,92,112)(H,93,106)(H,94,108)(H,95,110)(H,100,101)(H,113,114)(H4,76,77,81)(H4,78,79,82)/t43-,44-,45-,46-,47-,48-,49-,50-,51-,52-,53-,54-/m0/s1. The van der Waals surface area contributed by atoms with Crippen molar-refractivity contribution in [3.05, 3.63) is 48.0 Å². The summed E-state index contributed by atoms with van der Waals surface area (Å²) in [7, 11) is 0. The zero-order valence-electron chi connectivity index (χ0n) is 66.8. The minimum Gasteiger partial charge on any atom is -0.508 e. The number of carbonyl (C=O) groups is 16. The molecule has 0 spiro atoms. The van der Waals surface area contributed by atoms with E-state index >= 15 is 0 Å². The number of imidazole rings is 1. The molecule has 1 aromatic carbocycles. The number of hydrogen-bond donors (Lipinski definition) is 23. The molecule has 0 bridgehead atoms. The van der Waals surface area contributed by atoms with Gasteiger partial charge in [0, 0.05) is 57.1 Å². The molecule has 2 aromatic rings. The van der Waals surface area contributed by atoms with Gasteiger partial charge in [0.2, 0.25) is 82.7 Å². The van der Waals surface area contributed by atoms with Gasteiger partial charge in [0.1, 0.15) is 72.2 Å². The first-order valence-corrected chi connectivity index (χ1v) is 40.6. The molecule has 648 valence electrons. The smallest absolute Gasteiger partial charge is 0.326 e. The van der Waals surface area contributed by atoms with Crippen LogP contribution in [-0.4, -0.2) is 248 Å². The number of nitrogens with zero attached hydrogens (tertiary/aromatic N) is 3. The van der Waals surface area contributed by atoms with Crippen LogP contribution in [0.5, 0.6) is 5.75 Å². The van der Waals surface area contributed by atoms with Gasteiger partial charge in [-0.05, 0) is 137 Å². The van der Waals surface area contributed by atoms with Crippen molar-refractivity contribution in [3.63, 3.8) is 0 Å². The van der Waals surface area contributed by atoms with Gasteiger partial charge in [-0.25, -0.2) is 9.78 Å². The summed E-state index contributed by atoms with van der Waals surface area (Å²) in [5.74, 6) is -17.0. The number of thioether (sulfide) groups is 2. The average molecular weight is 1680 g/mol. The van der Waals surface area contributed by atoms with Crippen molar-refractivity contribution in [3.8, 4) is 5.75 Å². The molecule has 44 heteroatoms. The number of aliphatic carboxylic acids is 2. The molecule has 42 nitrogen and oxygen atoms in total. The molecule has 12 atom stereocenters. The number of phenols is 1. The van der Waals surface area contributed by atoms with Crippen LogP contribution in [-0.2, 0) is 89.6 Å². The molecule has 0 unspecified atom stereocenters. The lowest BCUT2D eigenvalue weighted by Crippen LogP contribution is -2.61. The predicted octanol–water partition coefficient (Wildman–Crippen LogP) is -5.09. The van der Waals surface area contributed by atoms with Gasteiger partial charge >= 0.3 is 11.9 Å². The van der Waals surface area contributed by atoms with Crippen LogP contribution in [0.15, 0.2) is 46.8 Å². The number of aromatic amines is 1. The van der Waals surface area contributed by atoms with Crippen LogP contribution in [0.3, 0.4) is 0 Å². The Balaban J connectivity index is 2.70. The van der Waals surface area contributed by atoms with Crippen molar-refractivity contribution in [2.75, 3.05) is 43.7 Å². The number of H-pyrrole nitrogens is 1. The molecular formula is C72H119N23O19S2. The fourth-order valence-electron chi connectivity index (χ4n) is 11.3. The maximum Gasteiger partial charge on any atom is 0.326 e. The van der Waals surface area contributed by atoms with Crippen molar-refractivity contribution < 1.29 is 92.0 Å². The maximum absolute atomic E-state index is 14.9. The zero-order valence-corrected chi connectivity index (χ0v) is 68.4. The van der Waals surface area contributed by atoms with Crippen LogP contribution in [0.1, 0.15) is 149 Å². The zero-order chi connectivity index (χ0) is 87.3.